The molecule has 0 aromatic heterocycles. The lowest BCUT2D eigenvalue weighted by Crippen LogP contribution is -2.38. The zero-order chi connectivity index (χ0) is 8.97. The fraction of sp³-hybridized carbons (Fsp3) is 0.857. The first-order chi connectivity index (χ1) is 5.68. The second-order valence-corrected chi connectivity index (χ2v) is 2.92. The zero-order valence-corrected chi connectivity index (χ0v) is 6.86. The van der Waals surface area contributed by atoms with Gasteiger partial charge in [0.05, 0.1) is 12.7 Å². The Morgan fingerprint density at radius 2 is 2.33 bits per heavy atom. The van der Waals surface area contributed by atoms with E-state index in [1.165, 1.54) is 0 Å². The van der Waals surface area contributed by atoms with E-state index in [9.17, 15) is 4.79 Å². The van der Waals surface area contributed by atoms with Crippen molar-refractivity contribution in [1.82, 2.24) is 0 Å². The lowest BCUT2D eigenvalue weighted by atomic mass is 10.1. The van der Waals surface area contributed by atoms with Gasteiger partial charge in [0.1, 0.15) is 6.61 Å². The SMILES string of the molecule is NC(=O)OC[C@@H]1CC[C@@H](N)CO1. The molecule has 0 saturated carbocycles. The van der Waals surface area contributed by atoms with E-state index in [0.29, 0.717) is 6.61 Å². The molecule has 0 aliphatic carbocycles. The van der Waals surface area contributed by atoms with Crippen LogP contribution in [0.4, 0.5) is 4.79 Å². The quantitative estimate of drug-likeness (QED) is 0.595. The molecule has 70 valence electrons. The molecular weight excluding hydrogens is 160 g/mol. The molecule has 0 bridgehead atoms. The van der Waals surface area contributed by atoms with Crippen molar-refractivity contribution in [3.05, 3.63) is 0 Å². The van der Waals surface area contributed by atoms with Gasteiger partial charge in [0.2, 0.25) is 0 Å². The van der Waals surface area contributed by atoms with Crippen LogP contribution in [0.5, 0.6) is 0 Å². The molecule has 1 aliphatic rings. The minimum Gasteiger partial charge on any atom is -0.447 e. The molecule has 1 rings (SSSR count). The Labute approximate surface area is 71.0 Å². The molecule has 0 radical (unpaired) electrons. The van der Waals surface area contributed by atoms with E-state index < -0.39 is 6.09 Å². The van der Waals surface area contributed by atoms with E-state index in [2.05, 4.69) is 4.74 Å². The summed E-state index contributed by atoms with van der Waals surface area (Å²) in [5, 5.41) is 0. The maximum Gasteiger partial charge on any atom is 0.404 e. The molecule has 5 nitrogen and oxygen atoms in total. The van der Waals surface area contributed by atoms with Gasteiger partial charge in [-0.05, 0) is 12.8 Å². The van der Waals surface area contributed by atoms with Crippen LogP contribution in [0.15, 0.2) is 0 Å². The fourth-order valence-electron chi connectivity index (χ4n) is 1.13. The average molecular weight is 174 g/mol. The van der Waals surface area contributed by atoms with Crippen LogP contribution in [-0.4, -0.2) is 31.5 Å². The van der Waals surface area contributed by atoms with Crippen molar-refractivity contribution in [2.75, 3.05) is 13.2 Å². The van der Waals surface area contributed by atoms with Gasteiger partial charge in [-0.25, -0.2) is 4.79 Å². The second kappa shape index (κ2) is 4.27. The lowest BCUT2D eigenvalue weighted by Gasteiger charge is -2.25. The number of ether oxygens (including phenoxy) is 2. The number of carbonyl (C=O) groups excluding carboxylic acids is 1. The van der Waals surface area contributed by atoms with Crippen LogP contribution >= 0.6 is 0 Å². The maximum atomic E-state index is 10.2. The fourth-order valence-corrected chi connectivity index (χ4v) is 1.13. The summed E-state index contributed by atoms with van der Waals surface area (Å²) in [7, 11) is 0. The monoisotopic (exact) mass is 174 g/mol. The summed E-state index contributed by atoms with van der Waals surface area (Å²) < 4.78 is 9.87. The van der Waals surface area contributed by atoms with Crippen molar-refractivity contribution >= 4 is 6.09 Å². The van der Waals surface area contributed by atoms with E-state index in [0.717, 1.165) is 12.8 Å². The minimum absolute atomic E-state index is 0.0303. The molecule has 1 saturated heterocycles. The average Bonchev–Trinajstić information content (AvgIpc) is 2.03. The molecule has 1 aliphatic heterocycles. The molecule has 5 heteroatoms. The second-order valence-electron chi connectivity index (χ2n) is 2.92. The van der Waals surface area contributed by atoms with Gasteiger partial charge in [-0.15, -0.1) is 0 Å². The van der Waals surface area contributed by atoms with Crippen molar-refractivity contribution in [2.45, 2.75) is 25.0 Å². The molecule has 2 atom stereocenters. The molecule has 0 unspecified atom stereocenters. The molecule has 0 aromatic rings. The van der Waals surface area contributed by atoms with Crippen LogP contribution in [0.3, 0.4) is 0 Å². The van der Waals surface area contributed by atoms with Gasteiger partial charge in [0.25, 0.3) is 0 Å². The Morgan fingerprint density at radius 3 is 2.83 bits per heavy atom. The zero-order valence-electron chi connectivity index (χ0n) is 6.86. The standard InChI is InChI=1S/C7H14N2O3/c8-5-1-2-6(11-3-5)4-12-7(9)10/h5-6H,1-4,8H2,(H2,9,10)/t5-,6+/m1/s1. The topological polar surface area (TPSA) is 87.6 Å². The summed E-state index contributed by atoms with van der Waals surface area (Å²) in [5.74, 6) is 0. The lowest BCUT2D eigenvalue weighted by molar-refractivity contribution is -0.0286. The van der Waals surface area contributed by atoms with Crippen LogP contribution < -0.4 is 11.5 Å². The van der Waals surface area contributed by atoms with E-state index >= 15 is 0 Å². The number of hydrogen-bond donors (Lipinski definition) is 2. The summed E-state index contributed by atoms with van der Waals surface area (Å²) in [4.78, 5) is 10.2. The molecule has 12 heavy (non-hydrogen) atoms. The Balaban J connectivity index is 2.13. The molecule has 4 N–H and O–H groups in total. The number of nitrogens with two attached hydrogens (primary N) is 2. The van der Waals surface area contributed by atoms with Gasteiger partial charge in [-0.1, -0.05) is 0 Å². The Kier molecular flexibility index (Phi) is 3.31. The third-order valence-corrected chi connectivity index (χ3v) is 1.82. The smallest absolute Gasteiger partial charge is 0.404 e. The third-order valence-electron chi connectivity index (χ3n) is 1.82. The first-order valence-corrected chi connectivity index (χ1v) is 3.98. The Hall–Kier alpha value is -0.810. The van der Waals surface area contributed by atoms with Gasteiger partial charge >= 0.3 is 6.09 Å². The van der Waals surface area contributed by atoms with Crippen molar-refractivity contribution in [3.8, 4) is 0 Å². The highest BCUT2D eigenvalue weighted by atomic mass is 16.6. The predicted octanol–water partition coefficient (Wildman–Crippen LogP) is -0.412. The highest BCUT2D eigenvalue weighted by Crippen LogP contribution is 2.12. The number of carbonyl (C=O) groups is 1. The summed E-state index contributed by atoms with van der Waals surface area (Å²) in [5.41, 5.74) is 10.4. The van der Waals surface area contributed by atoms with Gasteiger partial charge < -0.3 is 20.9 Å². The first kappa shape index (κ1) is 9.28. The number of hydrogen-bond acceptors (Lipinski definition) is 4. The van der Waals surface area contributed by atoms with Crippen molar-refractivity contribution in [2.24, 2.45) is 11.5 Å². The largest absolute Gasteiger partial charge is 0.447 e. The maximum absolute atomic E-state index is 10.2. The number of primary amides is 1. The Bertz CT molecular complexity index is 155. The van der Waals surface area contributed by atoms with Gasteiger partial charge in [-0.3, -0.25) is 0 Å². The van der Waals surface area contributed by atoms with Crippen LogP contribution in [0.2, 0.25) is 0 Å². The van der Waals surface area contributed by atoms with Gasteiger partial charge in [-0.2, -0.15) is 0 Å². The van der Waals surface area contributed by atoms with Crippen LogP contribution in [0.25, 0.3) is 0 Å². The van der Waals surface area contributed by atoms with Crippen LogP contribution in [0.1, 0.15) is 12.8 Å². The summed E-state index contributed by atoms with van der Waals surface area (Å²) in [6.45, 7) is 0.773. The van der Waals surface area contributed by atoms with E-state index in [-0.39, 0.29) is 18.8 Å². The molecule has 1 heterocycles. The third kappa shape index (κ3) is 3.06. The highest BCUT2D eigenvalue weighted by Gasteiger charge is 2.19. The molecule has 0 aromatic carbocycles. The van der Waals surface area contributed by atoms with Crippen LogP contribution in [-0.2, 0) is 9.47 Å². The molecule has 1 amide bonds. The van der Waals surface area contributed by atoms with Crippen molar-refractivity contribution in [3.63, 3.8) is 0 Å². The molecule has 1 fully saturated rings. The van der Waals surface area contributed by atoms with E-state index in [4.69, 9.17) is 16.2 Å². The highest BCUT2D eigenvalue weighted by molar-refractivity contribution is 5.64. The number of amides is 1. The van der Waals surface area contributed by atoms with E-state index in [1.54, 1.807) is 0 Å². The normalized spacial score (nSPS) is 29.8. The molecular formula is C7H14N2O3. The van der Waals surface area contributed by atoms with Gasteiger partial charge in [0, 0.05) is 6.04 Å². The molecule has 0 spiro atoms. The van der Waals surface area contributed by atoms with Gasteiger partial charge in [0.15, 0.2) is 0 Å². The Morgan fingerprint density at radius 1 is 1.58 bits per heavy atom. The van der Waals surface area contributed by atoms with Crippen molar-refractivity contribution < 1.29 is 14.3 Å². The first-order valence-electron chi connectivity index (χ1n) is 3.98. The van der Waals surface area contributed by atoms with Crippen molar-refractivity contribution in [1.29, 1.82) is 0 Å². The summed E-state index contributed by atoms with van der Waals surface area (Å²) >= 11 is 0. The predicted molar refractivity (Wildman–Crippen MR) is 42.5 cm³/mol. The summed E-state index contributed by atoms with van der Waals surface area (Å²) in [6.07, 6.45) is 0.951. The number of rotatable bonds is 2. The van der Waals surface area contributed by atoms with E-state index in [1.807, 2.05) is 0 Å². The summed E-state index contributed by atoms with van der Waals surface area (Å²) in [6, 6.07) is 0.120. The minimum atomic E-state index is -0.756. The van der Waals surface area contributed by atoms with Crippen LogP contribution in [0, 0.1) is 0 Å².